The molecule has 0 unspecified atom stereocenters. The van der Waals surface area contributed by atoms with E-state index in [0.29, 0.717) is 0 Å². The van der Waals surface area contributed by atoms with Gasteiger partial charge in [-0.2, -0.15) is 0 Å². The molecule has 28 valence electrons. The van der Waals surface area contributed by atoms with E-state index >= 15 is 0 Å². The zero-order valence-electron chi connectivity index (χ0n) is 2.23. The summed E-state index contributed by atoms with van der Waals surface area (Å²) in [6.45, 7) is 0. The van der Waals surface area contributed by atoms with Gasteiger partial charge in [0.05, 0.1) is 0 Å². The molecule has 0 nitrogen and oxygen atoms in total. The fourth-order valence-corrected chi connectivity index (χ4v) is 0. The molecular weight excluding hydrogens is 397 g/mol. The fraction of sp³-hybridized carbons (Fsp3) is 1.00. The van der Waals surface area contributed by atoms with E-state index in [9.17, 15) is 0 Å². The second-order valence-electron chi connectivity index (χ2n) is 0. The Balaban J connectivity index is 0. The van der Waals surface area contributed by atoms with E-state index in [2.05, 4.69) is 0 Å². The van der Waals surface area contributed by atoms with Gasteiger partial charge in [-0.05, 0) is 0 Å². The maximum atomic E-state index is 0. The molecule has 0 saturated heterocycles. The van der Waals surface area contributed by atoms with E-state index in [4.69, 9.17) is 0 Å². The standard InChI is InChI=1S/CH4.2HI.2Zn/h1H4;2*1H;;. The molecule has 0 aliphatic carbocycles. The molecule has 0 rings (SSSR count). The van der Waals surface area contributed by atoms with Gasteiger partial charge in [-0.25, -0.2) is 0 Å². The molecule has 0 aromatic rings. The van der Waals surface area contributed by atoms with Gasteiger partial charge >= 0.3 is 0 Å². The SMILES string of the molecule is C.I.I.[Zn].[Zn]. The first-order valence-electron chi connectivity index (χ1n) is 0. The molecule has 0 radical (unpaired) electrons. The summed E-state index contributed by atoms with van der Waals surface area (Å²) in [6.07, 6.45) is 0. The second kappa shape index (κ2) is 29.8. The maximum Gasteiger partial charge on any atom is 0 e. The van der Waals surface area contributed by atoms with E-state index in [1.165, 1.54) is 0 Å². The van der Waals surface area contributed by atoms with Crippen LogP contribution in [-0.2, 0) is 39.0 Å². The molecular formula is CH6I2Zn2. The van der Waals surface area contributed by atoms with Crippen LogP contribution in [0.1, 0.15) is 7.43 Å². The Morgan fingerprint density at radius 2 is 0.600 bits per heavy atom. The van der Waals surface area contributed by atoms with Crippen LogP contribution in [0, 0.1) is 0 Å². The maximum absolute atomic E-state index is 0. The molecule has 0 fully saturated rings. The summed E-state index contributed by atoms with van der Waals surface area (Å²) in [5, 5.41) is 0. The van der Waals surface area contributed by atoms with Gasteiger partial charge in [-0.15, -0.1) is 48.0 Å². The van der Waals surface area contributed by atoms with Gasteiger partial charge in [-0.1, -0.05) is 7.43 Å². The van der Waals surface area contributed by atoms with Gasteiger partial charge in [0.1, 0.15) is 0 Å². The predicted octanol–water partition coefficient (Wildman–Crippen LogP) is 1.87. The molecule has 0 bridgehead atoms. The summed E-state index contributed by atoms with van der Waals surface area (Å²) in [7, 11) is 0. The molecule has 0 aliphatic heterocycles. The number of hydrogen-bond donors (Lipinski definition) is 0. The Morgan fingerprint density at radius 3 is 0.600 bits per heavy atom. The molecule has 0 amide bonds. The molecule has 0 spiro atoms. The Bertz CT molecular complexity index is 7.61. The average Bonchev–Trinajstić information content (AvgIpc) is 0. The Kier molecular flexibility index (Phi) is 282. The van der Waals surface area contributed by atoms with Gasteiger partial charge < -0.3 is 0 Å². The van der Waals surface area contributed by atoms with Crippen molar-refractivity contribution in [3.05, 3.63) is 0 Å². The van der Waals surface area contributed by atoms with Crippen LogP contribution < -0.4 is 0 Å². The Hall–Kier alpha value is 2.71. The van der Waals surface area contributed by atoms with Crippen LogP contribution >= 0.6 is 48.0 Å². The monoisotopic (exact) mass is 400 g/mol. The summed E-state index contributed by atoms with van der Waals surface area (Å²) < 4.78 is 0. The molecule has 0 atom stereocenters. The minimum Gasteiger partial charge on any atom is -0.107 e. The van der Waals surface area contributed by atoms with Crippen LogP contribution in [0.3, 0.4) is 0 Å². The topological polar surface area (TPSA) is 0 Å². The Morgan fingerprint density at radius 1 is 0.600 bits per heavy atom. The van der Waals surface area contributed by atoms with Crippen molar-refractivity contribution >= 4 is 48.0 Å². The van der Waals surface area contributed by atoms with Crippen LogP contribution in [0.4, 0.5) is 0 Å². The van der Waals surface area contributed by atoms with Crippen LogP contribution in [0.25, 0.3) is 0 Å². The van der Waals surface area contributed by atoms with E-state index < -0.39 is 0 Å². The zero-order chi connectivity index (χ0) is 0. The van der Waals surface area contributed by atoms with Crippen LogP contribution in [-0.4, -0.2) is 0 Å². The number of rotatable bonds is 0. The van der Waals surface area contributed by atoms with Crippen LogP contribution in [0.2, 0.25) is 0 Å². The van der Waals surface area contributed by atoms with Crippen molar-refractivity contribution in [1.82, 2.24) is 0 Å². The normalized spacial score (nSPS) is 0. The van der Waals surface area contributed by atoms with Crippen LogP contribution in [0.5, 0.6) is 0 Å². The quantitative estimate of drug-likeness (QED) is 0.429. The van der Waals surface area contributed by atoms with Crippen molar-refractivity contribution in [3.63, 3.8) is 0 Å². The molecule has 0 N–H and O–H groups in total. The molecule has 4 heteroatoms. The minimum atomic E-state index is 0. The number of hydrogen-bond acceptors (Lipinski definition) is 0. The first-order chi connectivity index (χ1) is 0. The van der Waals surface area contributed by atoms with Gasteiger partial charge in [-0.3, -0.25) is 0 Å². The van der Waals surface area contributed by atoms with E-state index in [1.54, 1.807) is 0 Å². The van der Waals surface area contributed by atoms with Crippen molar-refractivity contribution in [3.8, 4) is 0 Å². The molecule has 5 heavy (non-hydrogen) atoms. The fourth-order valence-electron chi connectivity index (χ4n) is 0. The van der Waals surface area contributed by atoms with Gasteiger partial charge in [0.2, 0.25) is 0 Å². The van der Waals surface area contributed by atoms with Crippen molar-refractivity contribution in [2.24, 2.45) is 0 Å². The molecule has 0 saturated carbocycles. The summed E-state index contributed by atoms with van der Waals surface area (Å²) in [5.74, 6) is 0. The van der Waals surface area contributed by atoms with Gasteiger partial charge in [0.15, 0.2) is 0 Å². The first-order valence-corrected chi connectivity index (χ1v) is 0. The van der Waals surface area contributed by atoms with Crippen LogP contribution in [0.15, 0.2) is 0 Å². The second-order valence-corrected chi connectivity index (χ2v) is 0. The predicted molar refractivity (Wildman–Crippen MR) is 37.6 cm³/mol. The van der Waals surface area contributed by atoms with E-state index in [-0.39, 0.29) is 94.3 Å². The zero-order valence-corrected chi connectivity index (χ0v) is 12.8. The average molecular weight is 403 g/mol. The Labute approximate surface area is 92.8 Å². The molecule has 0 aliphatic rings. The third-order valence-electron chi connectivity index (χ3n) is 0. The molecule has 0 aromatic heterocycles. The summed E-state index contributed by atoms with van der Waals surface area (Å²) >= 11 is 0. The van der Waals surface area contributed by atoms with Crippen molar-refractivity contribution in [2.45, 2.75) is 7.43 Å². The summed E-state index contributed by atoms with van der Waals surface area (Å²) in [6, 6.07) is 0. The largest absolute Gasteiger partial charge is 0.107 e. The third-order valence-corrected chi connectivity index (χ3v) is 0. The molecule has 0 aromatic carbocycles. The van der Waals surface area contributed by atoms with E-state index in [1.807, 2.05) is 0 Å². The van der Waals surface area contributed by atoms with Crippen molar-refractivity contribution in [1.29, 1.82) is 0 Å². The van der Waals surface area contributed by atoms with Crippen molar-refractivity contribution < 1.29 is 39.0 Å². The van der Waals surface area contributed by atoms with Gasteiger partial charge in [0.25, 0.3) is 0 Å². The van der Waals surface area contributed by atoms with Crippen molar-refractivity contribution in [2.75, 3.05) is 0 Å². The van der Waals surface area contributed by atoms with E-state index in [0.717, 1.165) is 0 Å². The van der Waals surface area contributed by atoms with Gasteiger partial charge in [0, 0.05) is 39.0 Å². The summed E-state index contributed by atoms with van der Waals surface area (Å²) in [5.41, 5.74) is 0. The first kappa shape index (κ1) is 47.3. The number of halogens is 2. The summed E-state index contributed by atoms with van der Waals surface area (Å²) in [4.78, 5) is 0. The third kappa shape index (κ3) is 20.3. The molecule has 0 heterocycles. The minimum absolute atomic E-state index is 0. The smallest absolute Gasteiger partial charge is 0 e.